The van der Waals surface area contributed by atoms with Crippen LogP contribution in [0.1, 0.15) is 21.5 Å². The summed E-state index contributed by atoms with van der Waals surface area (Å²) in [4.78, 5) is 17.8. The number of carboxylic acids is 1. The zero-order valence-corrected chi connectivity index (χ0v) is 19.8. The number of nitrogen functional groups attached to an aromatic ring is 2. The molecule has 0 atom stereocenters. The van der Waals surface area contributed by atoms with Crippen molar-refractivity contribution in [3.8, 4) is 11.4 Å². The number of anilines is 2. The normalized spacial score (nSPS) is 10.1. The van der Waals surface area contributed by atoms with Crippen molar-refractivity contribution in [2.45, 2.75) is 13.8 Å². The Morgan fingerprint density at radius 3 is 1.97 bits per heavy atom. The molecule has 0 fully saturated rings. The van der Waals surface area contributed by atoms with Crippen LogP contribution in [0.25, 0.3) is 22.4 Å². The number of hydrogen-bond donors (Lipinski definition) is 4. The van der Waals surface area contributed by atoms with Crippen LogP contribution >= 0.6 is 0 Å². The Balaban J connectivity index is 0.000000163. The van der Waals surface area contributed by atoms with E-state index in [1.165, 1.54) is 24.3 Å². The van der Waals surface area contributed by atoms with Gasteiger partial charge in [-0.1, -0.05) is 48.5 Å². The van der Waals surface area contributed by atoms with Gasteiger partial charge in [0.1, 0.15) is 17.5 Å². The van der Waals surface area contributed by atoms with Gasteiger partial charge in [-0.25, -0.2) is 18.6 Å². The quantitative estimate of drug-likeness (QED) is 0.216. The van der Waals surface area contributed by atoms with Crippen LogP contribution in [0.5, 0.6) is 0 Å². The highest BCUT2D eigenvalue weighted by atomic mass is 19.1. The third-order valence-corrected chi connectivity index (χ3v) is 5.31. The lowest BCUT2D eigenvalue weighted by Crippen LogP contribution is -1.98. The van der Waals surface area contributed by atoms with Crippen molar-refractivity contribution in [1.82, 2.24) is 9.97 Å². The number of aromatic amines is 1. The number of benzene rings is 4. The van der Waals surface area contributed by atoms with Crippen molar-refractivity contribution < 1.29 is 18.7 Å². The monoisotopic (exact) mass is 488 g/mol. The van der Waals surface area contributed by atoms with Crippen molar-refractivity contribution in [2.24, 2.45) is 0 Å². The highest BCUT2D eigenvalue weighted by Crippen LogP contribution is 2.24. The number of hydrogen-bond acceptors (Lipinski definition) is 4. The molecular weight excluding hydrogens is 462 g/mol. The molecule has 0 saturated heterocycles. The predicted molar refractivity (Wildman–Crippen MR) is 140 cm³/mol. The van der Waals surface area contributed by atoms with E-state index in [2.05, 4.69) is 9.97 Å². The SMILES string of the molecule is Cc1cccc(N)c1N.Cc1cccc2[nH]c(-c3ccccc3F)nc12.O=C(O)c1ccccc1F. The van der Waals surface area contributed by atoms with Crippen molar-refractivity contribution in [3.63, 3.8) is 0 Å². The molecule has 6 nitrogen and oxygen atoms in total. The van der Waals surface area contributed by atoms with Crippen molar-refractivity contribution >= 4 is 28.4 Å². The van der Waals surface area contributed by atoms with E-state index in [9.17, 15) is 13.6 Å². The van der Waals surface area contributed by atoms with E-state index in [1.54, 1.807) is 24.3 Å². The Kier molecular flexibility index (Phi) is 8.35. The number of nitrogens with zero attached hydrogens (tertiary/aromatic N) is 1. The third-order valence-electron chi connectivity index (χ3n) is 5.31. The Morgan fingerprint density at radius 1 is 0.806 bits per heavy atom. The number of imidazole rings is 1. The molecule has 184 valence electrons. The van der Waals surface area contributed by atoms with Gasteiger partial charge in [-0.3, -0.25) is 0 Å². The molecule has 0 spiro atoms. The van der Waals surface area contributed by atoms with Gasteiger partial charge >= 0.3 is 5.97 Å². The number of halogens is 2. The number of nitrogens with two attached hydrogens (primary N) is 2. The summed E-state index contributed by atoms with van der Waals surface area (Å²) >= 11 is 0. The first kappa shape index (κ1) is 25.9. The third kappa shape index (κ3) is 6.24. The summed E-state index contributed by atoms with van der Waals surface area (Å²) in [5.41, 5.74) is 16.6. The van der Waals surface area contributed by atoms with Gasteiger partial charge in [-0.15, -0.1) is 0 Å². The van der Waals surface area contributed by atoms with E-state index >= 15 is 0 Å². The molecule has 0 saturated carbocycles. The molecule has 8 heteroatoms. The zero-order valence-electron chi connectivity index (χ0n) is 19.8. The lowest BCUT2D eigenvalue weighted by molar-refractivity contribution is 0.0692. The van der Waals surface area contributed by atoms with E-state index in [1.807, 2.05) is 44.2 Å². The van der Waals surface area contributed by atoms with Crippen LogP contribution in [0.4, 0.5) is 20.2 Å². The first-order chi connectivity index (χ1) is 17.2. The molecule has 6 N–H and O–H groups in total. The minimum absolute atomic E-state index is 0.260. The summed E-state index contributed by atoms with van der Waals surface area (Å²) < 4.78 is 26.1. The number of carboxylic acid groups (broad SMARTS) is 1. The van der Waals surface area contributed by atoms with Crippen molar-refractivity contribution in [1.29, 1.82) is 0 Å². The molecule has 0 radical (unpaired) electrons. The summed E-state index contributed by atoms with van der Waals surface area (Å²) in [6, 6.07) is 23.4. The maximum Gasteiger partial charge on any atom is 0.338 e. The van der Waals surface area contributed by atoms with E-state index < -0.39 is 11.8 Å². The molecule has 36 heavy (non-hydrogen) atoms. The largest absolute Gasteiger partial charge is 0.478 e. The Bertz CT molecular complexity index is 1480. The second-order valence-electron chi connectivity index (χ2n) is 7.90. The number of para-hydroxylation sites is 2. The smallest absolute Gasteiger partial charge is 0.338 e. The van der Waals surface area contributed by atoms with Crippen molar-refractivity contribution in [3.05, 3.63) is 113 Å². The fraction of sp³-hybridized carbons (Fsp3) is 0.0714. The molecule has 0 aliphatic heterocycles. The molecule has 5 rings (SSSR count). The molecule has 1 heterocycles. The second-order valence-corrected chi connectivity index (χ2v) is 7.90. The fourth-order valence-corrected chi connectivity index (χ4v) is 3.29. The standard InChI is InChI=1S/C14H11FN2.C7H5FO2.C7H10N2/c1-9-5-4-8-12-13(9)17-14(16-12)10-6-2-3-7-11(10)15;8-6-4-2-1-3-5(6)7(9)10;1-5-3-2-4-6(8)7(5)9/h2-8H,1H3,(H,16,17);1-4H,(H,9,10);2-4H,8-9H2,1H3. The number of carbonyl (C=O) groups is 1. The van der Waals surface area contributed by atoms with Crippen LogP contribution in [-0.4, -0.2) is 21.0 Å². The van der Waals surface area contributed by atoms with Gasteiger partial charge < -0.3 is 21.6 Å². The lowest BCUT2D eigenvalue weighted by Gasteiger charge is -2.00. The first-order valence-electron chi connectivity index (χ1n) is 11.0. The number of aryl methyl sites for hydroxylation is 2. The molecule has 4 aromatic carbocycles. The van der Waals surface area contributed by atoms with Gasteiger partial charge in [0, 0.05) is 0 Å². The van der Waals surface area contributed by atoms with E-state index in [4.69, 9.17) is 16.6 Å². The summed E-state index contributed by atoms with van der Waals surface area (Å²) in [5, 5.41) is 8.33. The maximum atomic E-state index is 13.6. The fourth-order valence-electron chi connectivity index (χ4n) is 3.29. The summed E-state index contributed by atoms with van der Waals surface area (Å²) in [6.45, 7) is 3.93. The highest BCUT2D eigenvalue weighted by Gasteiger charge is 2.10. The maximum absolute atomic E-state index is 13.6. The number of nitrogens with one attached hydrogen (secondary N) is 1. The number of H-pyrrole nitrogens is 1. The van der Waals surface area contributed by atoms with Crippen LogP contribution in [-0.2, 0) is 0 Å². The number of aromatic nitrogens is 2. The van der Waals surface area contributed by atoms with E-state index in [0.717, 1.165) is 28.2 Å². The minimum Gasteiger partial charge on any atom is -0.478 e. The number of aromatic carboxylic acids is 1. The van der Waals surface area contributed by atoms with E-state index in [0.29, 0.717) is 22.8 Å². The highest BCUT2D eigenvalue weighted by molar-refractivity contribution is 5.87. The number of rotatable bonds is 2. The molecule has 0 amide bonds. The summed E-state index contributed by atoms with van der Waals surface area (Å²) in [7, 11) is 0. The molecule has 5 aromatic rings. The predicted octanol–water partition coefficient (Wildman–Crippen LogP) is 6.36. The molecule has 0 aliphatic carbocycles. The number of fused-ring (bicyclic) bond motifs is 1. The lowest BCUT2D eigenvalue weighted by atomic mass is 10.2. The van der Waals surface area contributed by atoms with Crippen LogP contribution in [0.3, 0.4) is 0 Å². The topological polar surface area (TPSA) is 118 Å². The minimum atomic E-state index is -1.24. The second kappa shape index (κ2) is 11.6. The molecule has 0 unspecified atom stereocenters. The van der Waals surface area contributed by atoms with Gasteiger partial charge in [0.05, 0.1) is 33.5 Å². The van der Waals surface area contributed by atoms with E-state index in [-0.39, 0.29) is 11.4 Å². The van der Waals surface area contributed by atoms with Crippen LogP contribution in [0.2, 0.25) is 0 Å². The van der Waals surface area contributed by atoms with Gasteiger partial charge in [0.2, 0.25) is 0 Å². The molecule has 1 aromatic heterocycles. The van der Waals surface area contributed by atoms with Crippen molar-refractivity contribution in [2.75, 3.05) is 11.5 Å². The van der Waals surface area contributed by atoms with Gasteiger partial charge in [0.25, 0.3) is 0 Å². The Labute approximate surface area is 207 Å². The Morgan fingerprint density at radius 2 is 1.42 bits per heavy atom. The Hall–Kier alpha value is -4.72. The molecule has 0 bridgehead atoms. The average molecular weight is 489 g/mol. The summed E-state index contributed by atoms with van der Waals surface area (Å²) in [6.07, 6.45) is 0. The van der Waals surface area contributed by atoms with Crippen LogP contribution in [0, 0.1) is 25.5 Å². The zero-order chi connectivity index (χ0) is 26.2. The summed E-state index contributed by atoms with van der Waals surface area (Å²) in [5.74, 6) is -1.62. The van der Waals surface area contributed by atoms with Crippen LogP contribution < -0.4 is 11.5 Å². The van der Waals surface area contributed by atoms with Gasteiger partial charge in [0.15, 0.2) is 0 Å². The molecule has 0 aliphatic rings. The molecular formula is C28H26F2N4O2. The average Bonchev–Trinajstić information content (AvgIpc) is 3.29. The first-order valence-corrected chi connectivity index (χ1v) is 11.0. The van der Waals surface area contributed by atoms with Gasteiger partial charge in [-0.2, -0.15) is 0 Å². The van der Waals surface area contributed by atoms with Gasteiger partial charge in [-0.05, 0) is 61.4 Å². The van der Waals surface area contributed by atoms with Crippen LogP contribution in [0.15, 0.2) is 84.9 Å².